The van der Waals surface area contributed by atoms with Crippen molar-refractivity contribution in [2.24, 2.45) is 5.92 Å². The molecule has 1 heterocycles. The Morgan fingerprint density at radius 2 is 1.71 bits per heavy atom. The molecule has 1 fully saturated rings. The fourth-order valence-corrected chi connectivity index (χ4v) is 5.19. The number of carbonyl (C=O) groups excluding carboxylic acids is 1. The molecule has 28 heavy (non-hydrogen) atoms. The number of halogens is 1. The van der Waals surface area contributed by atoms with Crippen molar-refractivity contribution in [1.82, 2.24) is 9.62 Å². The van der Waals surface area contributed by atoms with Gasteiger partial charge in [-0.1, -0.05) is 50.4 Å². The zero-order valence-corrected chi connectivity index (χ0v) is 18.4. The Bertz CT molecular complexity index is 728. The van der Waals surface area contributed by atoms with E-state index in [-0.39, 0.29) is 24.1 Å². The molecule has 1 N–H and O–H groups in total. The Labute approximate surface area is 174 Å². The Morgan fingerprint density at radius 1 is 1.11 bits per heavy atom. The van der Waals surface area contributed by atoms with Gasteiger partial charge in [-0.2, -0.15) is 4.31 Å². The van der Waals surface area contributed by atoms with Crippen molar-refractivity contribution in [3.8, 4) is 0 Å². The summed E-state index contributed by atoms with van der Waals surface area (Å²) in [6.07, 6.45) is 3.59. The normalized spacial score (nSPS) is 15.8. The smallest absolute Gasteiger partial charge is 0.223 e. The minimum Gasteiger partial charge on any atom is -0.368 e. The van der Waals surface area contributed by atoms with E-state index in [0.717, 1.165) is 31.4 Å². The van der Waals surface area contributed by atoms with Crippen LogP contribution in [-0.2, 0) is 14.8 Å². The fraction of sp³-hybridized carbons (Fsp3) is 0.650. The zero-order chi connectivity index (χ0) is 20.6. The number of rotatable bonds is 10. The van der Waals surface area contributed by atoms with Gasteiger partial charge in [-0.15, -0.1) is 0 Å². The van der Waals surface area contributed by atoms with E-state index in [2.05, 4.69) is 24.1 Å². The molecule has 0 bridgehead atoms. The van der Waals surface area contributed by atoms with Gasteiger partial charge in [0.2, 0.25) is 15.9 Å². The second-order valence-electron chi connectivity index (χ2n) is 7.22. The van der Waals surface area contributed by atoms with Crippen molar-refractivity contribution >= 4 is 33.2 Å². The second kappa shape index (κ2) is 11.0. The SMILES string of the molecule is CCCC(CCC)C(=O)NCCS(=O)(=O)N1CCN(c2ccccc2Cl)CC1. The lowest BCUT2D eigenvalue weighted by atomic mass is 9.97. The van der Waals surface area contributed by atoms with E-state index in [1.54, 1.807) is 0 Å². The van der Waals surface area contributed by atoms with Gasteiger partial charge in [0.15, 0.2) is 0 Å². The molecule has 0 unspecified atom stereocenters. The van der Waals surface area contributed by atoms with Gasteiger partial charge in [-0.3, -0.25) is 4.79 Å². The summed E-state index contributed by atoms with van der Waals surface area (Å²) in [7, 11) is -3.39. The monoisotopic (exact) mass is 429 g/mol. The first-order valence-corrected chi connectivity index (χ1v) is 12.1. The Hall–Kier alpha value is -1.31. The number of hydrogen-bond acceptors (Lipinski definition) is 4. The van der Waals surface area contributed by atoms with E-state index in [9.17, 15) is 13.2 Å². The van der Waals surface area contributed by atoms with Gasteiger partial charge in [-0.25, -0.2) is 8.42 Å². The van der Waals surface area contributed by atoms with Crippen molar-refractivity contribution in [1.29, 1.82) is 0 Å². The first-order chi connectivity index (χ1) is 13.4. The molecule has 158 valence electrons. The number of carbonyl (C=O) groups is 1. The standard InChI is InChI=1S/C20H32ClN3O3S/c1-3-7-17(8-4-2)20(25)22-11-16-28(26,27)24-14-12-23(13-15-24)19-10-6-5-9-18(19)21/h5-6,9-10,17H,3-4,7-8,11-16H2,1-2H3,(H,22,25). The van der Waals surface area contributed by atoms with Gasteiger partial charge in [0.25, 0.3) is 0 Å². The van der Waals surface area contributed by atoms with Crippen LogP contribution in [0, 0.1) is 5.92 Å². The molecule has 0 aliphatic carbocycles. The average Bonchev–Trinajstić information content (AvgIpc) is 2.68. The number of sulfonamides is 1. The number of para-hydroxylation sites is 1. The molecule has 0 saturated carbocycles. The van der Waals surface area contributed by atoms with Gasteiger partial charge >= 0.3 is 0 Å². The molecule has 1 amide bonds. The number of nitrogens with one attached hydrogen (secondary N) is 1. The number of piperazine rings is 1. The van der Waals surface area contributed by atoms with Gasteiger partial charge in [0, 0.05) is 38.6 Å². The van der Waals surface area contributed by atoms with Gasteiger partial charge in [0.1, 0.15) is 0 Å². The quantitative estimate of drug-likeness (QED) is 0.620. The third-order valence-electron chi connectivity index (χ3n) is 5.13. The first kappa shape index (κ1) is 23.0. The highest BCUT2D eigenvalue weighted by Crippen LogP contribution is 2.26. The van der Waals surface area contributed by atoms with E-state index in [1.807, 2.05) is 24.3 Å². The maximum Gasteiger partial charge on any atom is 0.223 e. The van der Waals surface area contributed by atoms with E-state index in [1.165, 1.54) is 4.31 Å². The topological polar surface area (TPSA) is 69.7 Å². The second-order valence-corrected chi connectivity index (χ2v) is 9.71. The molecule has 2 rings (SSSR count). The number of benzene rings is 1. The zero-order valence-electron chi connectivity index (χ0n) is 16.9. The van der Waals surface area contributed by atoms with Crippen molar-refractivity contribution < 1.29 is 13.2 Å². The largest absolute Gasteiger partial charge is 0.368 e. The number of nitrogens with zero attached hydrogens (tertiary/aromatic N) is 2. The molecule has 0 aromatic heterocycles. The lowest BCUT2D eigenvalue weighted by Gasteiger charge is -2.35. The molecule has 6 nitrogen and oxygen atoms in total. The fourth-order valence-electron chi connectivity index (χ4n) is 3.60. The molecule has 8 heteroatoms. The first-order valence-electron chi connectivity index (χ1n) is 10.1. The van der Waals surface area contributed by atoms with Crippen LogP contribution < -0.4 is 10.2 Å². The van der Waals surface area contributed by atoms with E-state index >= 15 is 0 Å². The van der Waals surface area contributed by atoms with Crippen LogP contribution >= 0.6 is 11.6 Å². The van der Waals surface area contributed by atoms with E-state index < -0.39 is 10.0 Å². The number of amides is 1. The highest BCUT2D eigenvalue weighted by molar-refractivity contribution is 7.89. The lowest BCUT2D eigenvalue weighted by molar-refractivity contribution is -0.125. The third kappa shape index (κ3) is 6.36. The maximum atomic E-state index is 12.6. The van der Waals surface area contributed by atoms with Crippen molar-refractivity contribution in [2.75, 3.05) is 43.4 Å². The van der Waals surface area contributed by atoms with E-state index in [0.29, 0.717) is 31.2 Å². The molecular weight excluding hydrogens is 398 g/mol. The Morgan fingerprint density at radius 3 is 2.29 bits per heavy atom. The van der Waals surface area contributed by atoms with Gasteiger partial charge < -0.3 is 10.2 Å². The number of hydrogen-bond donors (Lipinski definition) is 1. The predicted molar refractivity (Wildman–Crippen MR) is 115 cm³/mol. The highest BCUT2D eigenvalue weighted by atomic mass is 35.5. The summed E-state index contributed by atoms with van der Waals surface area (Å²) < 4.78 is 26.8. The number of anilines is 1. The van der Waals surface area contributed by atoms with E-state index in [4.69, 9.17) is 11.6 Å². The maximum absolute atomic E-state index is 12.6. The van der Waals surface area contributed by atoms with Crippen LogP contribution in [0.3, 0.4) is 0 Å². The lowest BCUT2D eigenvalue weighted by Crippen LogP contribution is -2.50. The summed E-state index contributed by atoms with van der Waals surface area (Å²) in [5.41, 5.74) is 0.936. The molecule has 1 aliphatic rings. The summed E-state index contributed by atoms with van der Waals surface area (Å²) in [6.45, 7) is 6.33. The molecule has 1 aromatic carbocycles. The van der Waals surface area contributed by atoms with Crippen LogP contribution in [0.5, 0.6) is 0 Å². The van der Waals surface area contributed by atoms with Crippen molar-refractivity contribution in [3.63, 3.8) is 0 Å². The van der Waals surface area contributed by atoms with Crippen LogP contribution in [0.2, 0.25) is 5.02 Å². The minimum atomic E-state index is -3.39. The molecule has 0 radical (unpaired) electrons. The van der Waals surface area contributed by atoms with Gasteiger partial charge in [-0.05, 0) is 25.0 Å². The minimum absolute atomic E-state index is 0.0168. The molecule has 1 aromatic rings. The molecule has 1 saturated heterocycles. The van der Waals surface area contributed by atoms with Crippen LogP contribution in [-0.4, -0.2) is 57.1 Å². The molecule has 0 spiro atoms. The van der Waals surface area contributed by atoms with Crippen molar-refractivity contribution in [2.45, 2.75) is 39.5 Å². The van der Waals surface area contributed by atoms with Crippen LogP contribution in [0.25, 0.3) is 0 Å². The summed E-state index contributed by atoms with van der Waals surface area (Å²) in [4.78, 5) is 14.4. The predicted octanol–water partition coefficient (Wildman–Crippen LogP) is 3.12. The van der Waals surface area contributed by atoms with Crippen LogP contribution in [0.15, 0.2) is 24.3 Å². The highest BCUT2D eigenvalue weighted by Gasteiger charge is 2.27. The molecular formula is C20H32ClN3O3S. The van der Waals surface area contributed by atoms with Crippen LogP contribution in [0.4, 0.5) is 5.69 Å². The summed E-state index contributed by atoms with van der Waals surface area (Å²) in [5.74, 6) is -0.102. The Balaban J connectivity index is 1.82. The summed E-state index contributed by atoms with van der Waals surface area (Å²) >= 11 is 6.24. The third-order valence-corrected chi connectivity index (χ3v) is 7.32. The van der Waals surface area contributed by atoms with Crippen molar-refractivity contribution in [3.05, 3.63) is 29.3 Å². The summed E-state index contributed by atoms with van der Waals surface area (Å²) in [6, 6.07) is 7.60. The molecule has 1 aliphatic heterocycles. The Kier molecular flexibility index (Phi) is 9.05. The molecule has 0 atom stereocenters. The summed E-state index contributed by atoms with van der Waals surface area (Å²) in [5, 5.41) is 3.49. The van der Waals surface area contributed by atoms with Gasteiger partial charge in [0.05, 0.1) is 16.5 Å². The average molecular weight is 430 g/mol. The van der Waals surface area contributed by atoms with Crippen LogP contribution in [0.1, 0.15) is 39.5 Å².